The van der Waals surface area contributed by atoms with E-state index in [-0.39, 0.29) is 5.60 Å². The van der Waals surface area contributed by atoms with Crippen molar-refractivity contribution in [1.29, 1.82) is 0 Å². The molecule has 0 saturated heterocycles. The van der Waals surface area contributed by atoms with Gasteiger partial charge >= 0.3 is 0 Å². The number of nitrogens with zero attached hydrogens (tertiary/aromatic N) is 1. The zero-order valence-corrected chi connectivity index (χ0v) is 7.71. The van der Waals surface area contributed by atoms with E-state index in [1.807, 2.05) is 0 Å². The van der Waals surface area contributed by atoms with Gasteiger partial charge < -0.3 is 10.5 Å². The zero-order valence-electron chi connectivity index (χ0n) is 7.71. The largest absolute Gasteiger partial charge is 0.387 e. The van der Waals surface area contributed by atoms with Gasteiger partial charge in [0.15, 0.2) is 0 Å². The van der Waals surface area contributed by atoms with Crippen LogP contribution < -0.4 is 5.73 Å². The normalized spacial score (nSPS) is 41.5. The molecule has 0 spiro atoms. The summed E-state index contributed by atoms with van der Waals surface area (Å²) in [7, 11) is 1.74. The molecule has 68 valence electrons. The van der Waals surface area contributed by atoms with Crippen LogP contribution in [0.2, 0.25) is 0 Å². The highest BCUT2D eigenvalue weighted by molar-refractivity contribution is 5.85. The van der Waals surface area contributed by atoms with Gasteiger partial charge in [-0.2, -0.15) is 0 Å². The summed E-state index contributed by atoms with van der Waals surface area (Å²) in [5.41, 5.74) is 5.78. The van der Waals surface area contributed by atoms with Crippen LogP contribution in [0.25, 0.3) is 0 Å². The highest BCUT2D eigenvalue weighted by atomic mass is 16.5. The van der Waals surface area contributed by atoms with Gasteiger partial charge in [0.25, 0.3) is 0 Å². The lowest BCUT2D eigenvalue weighted by atomic mass is 10.3. The molecule has 0 radical (unpaired) electrons. The first kappa shape index (κ1) is 8.05. The number of methoxy groups -OCH3 is 1. The molecule has 3 heteroatoms. The lowest BCUT2D eigenvalue weighted by Gasteiger charge is -2.05. The van der Waals surface area contributed by atoms with Crippen molar-refractivity contribution in [3.63, 3.8) is 0 Å². The first-order valence-corrected chi connectivity index (χ1v) is 4.54. The van der Waals surface area contributed by atoms with E-state index in [4.69, 9.17) is 10.5 Å². The highest BCUT2D eigenvalue weighted by Gasteiger charge is 2.51. The second kappa shape index (κ2) is 2.46. The van der Waals surface area contributed by atoms with Crippen molar-refractivity contribution in [2.45, 2.75) is 37.8 Å². The van der Waals surface area contributed by atoms with Crippen LogP contribution >= 0.6 is 0 Å². The van der Waals surface area contributed by atoms with Gasteiger partial charge in [-0.25, -0.2) is 0 Å². The third-order valence-corrected chi connectivity index (χ3v) is 2.91. The molecule has 2 rings (SSSR count). The quantitative estimate of drug-likeness (QED) is 0.503. The number of amidine groups is 1. The van der Waals surface area contributed by atoms with Gasteiger partial charge in [-0.15, -0.1) is 0 Å². The molecule has 2 fully saturated rings. The number of ether oxygens (including phenoxy) is 1. The Morgan fingerprint density at radius 1 is 1.58 bits per heavy atom. The Balaban J connectivity index is 1.92. The molecule has 0 bridgehead atoms. The second-order valence-corrected chi connectivity index (χ2v) is 4.06. The molecule has 2 aliphatic rings. The molecule has 2 aliphatic carbocycles. The smallest absolute Gasteiger partial charge is 0.0973 e. The predicted molar refractivity (Wildman–Crippen MR) is 48.2 cm³/mol. The van der Waals surface area contributed by atoms with Crippen molar-refractivity contribution in [1.82, 2.24) is 0 Å². The predicted octanol–water partition coefficient (Wildman–Crippen LogP) is 0.931. The van der Waals surface area contributed by atoms with Crippen molar-refractivity contribution in [2.75, 3.05) is 7.11 Å². The van der Waals surface area contributed by atoms with E-state index in [9.17, 15) is 0 Å². The molecule has 0 heterocycles. The molecule has 2 unspecified atom stereocenters. The lowest BCUT2D eigenvalue weighted by molar-refractivity contribution is 0.0919. The van der Waals surface area contributed by atoms with Crippen molar-refractivity contribution in [3.05, 3.63) is 0 Å². The summed E-state index contributed by atoms with van der Waals surface area (Å²) in [6, 6.07) is 0.322. The second-order valence-electron chi connectivity index (χ2n) is 4.06. The van der Waals surface area contributed by atoms with E-state index in [1.54, 1.807) is 7.11 Å². The molecule has 2 saturated carbocycles. The molecule has 0 aromatic rings. The molecule has 3 nitrogen and oxygen atoms in total. The van der Waals surface area contributed by atoms with Crippen LogP contribution in [-0.4, -0.2) is 24.6 Å². The van der Waals surface area contributed by atoms with Crippen molar-refractivity contribution in [2.24, 2.45) is 16.6 Å². The first-order chi connectivity index (χ1) is 5.65. The lowest BCUT2D eigenvalue weighted by Crippen LogP contribution is -2.18. The van der Waals surface area contributed by atoms with Gasteiger partial charge in [0.05, 0.1) is 17.5 Å². The van der Waals surface area contributed by atoms with E-state index in [1.165, 1.54) is 12.8 Å². The molecular formula is C9H16N2O. The molecule has 0 amide bonds. The minimum Gasteiger partial charge on any atom is -0.387 e. The van der Waals surface area contributed by atoms with Crippen molar-refractivity contribution in [3.8, 4) is 0 Å². The fraction of sp³-hybridized carbons (Fsp3) is 0.889. The van der Waals surface area contributed by atoms with Gasteiger partial charge in [0, 0.05) is 19.4 Å². The summed E-state index contributed by atoms with van der Waals surface area (Å²) in [6.07, 6.45) is 3.48. The molecule has 0 aromatic carbocycles. The zero-order chi connectivity index (χ0) is 8.77. The van der Waals surface area contributed by atoms with Gasteiger partial charge in [0.1, 0.15) is 0 Å². The fourth-order valence-electron chi connectivity index (χ4n) is 1.39. The van der Waals surface area contributed by atoms with Gasteiger partial charge in [-0.3, -0.25) is 4.99 Å². The standard InChI is InChI=1S/C9H16N2O/c1-9(12-2)5-7(9)11-8(10)6-3-4-6/h6-7H,3-5H2,1-2H3,(H2,10,11). The van der Waals surface area contributed by atoms with Crippen LogP contribution in [0.3, 0.4) is 0 Å². The van der Waals surface area contributed by atoms with Crippen LogP contribution in [0.15, 0.2) is 4.99 Å². The number of hydrogen-bond donors (Lipinski definition) is 1. The molecule has 0 aliphatic heterocycles. The minimum absolute atomic E-state index is 0.0144. The Morgan fingerprint density at radius 3 is 2.67 bits per heavy atom. The van der Waals surface area contributed by atoms with Gasteiger partial charge in [0.2, 0.25) is 0 Å². The average molecular weight is 168 g/mol. The third-order valence-electron chi connectivity index (χ3n) is 2.91. The molecule has 0 aromatic heterocycles. The maximum Gasteiger partial charge on any atom is 0.0973 e. The number of nitrogens with two attached hydrogens (primary N) is 1. The Morgan fingerprint density at radius 2 is 2.25 bits per heavy atom. The maximum atomic E-state index is 5.79. The summed E-state index contributed by atoms with van der Waals surface area (Å²) in [6.45, 7) is 2.08. The average Bonchev–Trinajstić information content (AvgIpc) is 2.87. The third kappa shape index (κ3) is 1.33. The van der Waals surface area contributed by atoms with E-state index >= 15 is 0 Å². The highest BCUT2D eigenvalue weighted by Crippen LogP contribution is 2.42. The number of hydrogen-bond acceptors (Lipinski definition) is 2. The topological polar surface area (TPSA) is 47.6 Å². The molecule has 2 atom stereocenters. The molecular weight excluding hydrogens is 152 g/mol. The van der Waals surface area contributed by atoms with E-state index < -0.39 is 0 Å². The summed E-state index contributed by atoms with van der Waals surface area (Å²) >= 11 is 0. The Bertz CT molecular complexity index is 223. The number of aliphatic imine (C=N–C) groups is 1. The van der Waals surface area contributed by atoms with E-state index in [2.05, 4.69) is 11.9 Å². The molecule has 12 heavy (non-hydrogen) atoms. The van der Waals surface area contributed by atoms with Crippen molar-refractivity contribution >= 4 is 5.84 Å². The van der Waals surface area contributed by atoms with Crippen LogP contribution in [0, 0.1) is 5.92 Å². The Kier molecular flexibility index (Phi) is 1.65. The van der Waals surface area contributed by atoms with Crippen LogP contribution in [0.1, 0.15) is 26.2 Å². The van der Waals surface area contributed by atoms with Gasteiger partial charge in [-0.05, 0) is 19.8 Å². The summed E-state index contributed by atoms with van der Waals surface area (Å²) < 4.78 is 5.30. The van der Waals surface area contributed by atoms with E-state index in [0.29, 0.717) is 12.0 Å². The summed E-state index contributed by atoms with van der Waals surface area (Å²) in [5.74, 6) is 1.44. The SMILES string of the molecule is COC1(C)CC1N=C(N)C1CC1. The fourth-order valence-corrected chi connectivity index (χ4v) is 1.39. The Labute approximate surface area is 73.0 Å². The van der Waals surface area contributed by atoms with Crippen LogP contribution in [0.5, 0.6) is 0 Å². The molecule has 2 N–H and O–H groups in total. The van der Waals surface area contributed by atoms with Crippen LogP contribution in [-0.2, 0) is 4.74 Å². The van der Waals surface area contributed by atoms with Crippen molar-refractivity contribution < 1.29 is 4.74 Å². The van der Waals surface area contributed by atoms with E-state index in [0.717, 1.165) is 12.3 Å². The van der Waals surface area contributed by atoms with Gasteiger partial charge in [-0.1, -0.05) is 0 Å². The summed E-state index contributed by atoms with van der Waals surface area (Å²) in [4.78, 5) is 4.44. The first-order valence-electron chi connectivity index (χ1n) is 4.54. The summed E-state index contributed by atoms with van der Waals surface area (Å²) in [5, 5.41) is 0. The number of rotatable bonds is 3. The minimum atomic E-state index is -0.0144. The Hall–Kier alpha value is -0.570. The monoisotopic (exact) mass is 168 g/mol. The van der Waals surface area contributed by atoms with Crippen LogP contribution in [0.4, 0.5) is 0 Å². The maximum absolute atomic E-state index is 5.79.